The van der Waals surface area contributed by atoms with E-state index in [1.165, 1.54) is 0 Å². The van der Waals surface area contributed by atoms with Crippen LogP contribution >= 0.6 is 0 Å². The van der Waals surface area contributed by atoms with E-state index >= 15 is 0 Å². The van der Waals surface area contributed by atoms with E-state index in [1.807, 2.05) is 19.9 Å². The Hall–Kier alpha value is 0.0538. The van der Waals surface area contributed by atoms with Crippen molar-refractivity contribution in [3.8, 4) is 0 Å². The standard InChI is InChI=1S/C12H27O3Si2/c1-10-11(2)12(13-3,14-16(4,5)6)15-17(7,8)9/h10H,3H2,1-2,4-9H3/b11-10+. The maximum atomic E-state index is 6.10. The van der Waals surface area contributed by atoms with Crippen molar-refractivity contribution in [2.75, 3.05) is 0 Å². The summed E-state index contributed by atoms with van der Waals surface area (Å²) in [5.74, 6) is -1.11. The number of rotatable bonds is 6. The minimum Gasteiger partial charge on any atom is -0.367 e. The predicted molar refractivity (Wildman–Crippen MR) is 77.5 cm³/mol. The van der Waals surface area contributed by atoms with Crippen LogP contribution in [0.25, 0.3) is 0 Å². The lowest BCUT2D eigenvalue weighted by Gasteiger charge is -2.41. The molecule has 0 heterocycles. The quantitative estimate of drug-likeness (QED) is 0.415. The first-order valence-corrected chi connectivity index (χ1v) is 12.7. The highest BCUT2D eigenvalue weighted by Gasteiger charge is 2.42. The lowest BCUT2D eigenvalue weighted by molar-refractivity contribution is -0.260. The third-order valence-electron chi connectivity index (χ3n) is 1.99. The van der Waals surface area contributed by atoms with Gasteiger partial charge in [-0.05, 0) is 53.1 Å². The van der Waals surface area contributed by atoms with E-state index in [-0.39, 0.29) is 0 Å². The Bertz CT molecular complexity index is 258. The molecule has 0 atom stereocenters. The lowest BCUT2D eigenvalue weighted by atomic mass is 10.2. The summed E-state index contributed by atoms with van der Waals surface area (Å²) in [6.45, 7) is 16.5. The molecule has 5 heteroatoms. The van der Waals surface area contributed by atoms with Gasteiger partial charge in [0, 0.05) is 5.57 Å². The van der Waals surface area contributed by atoms with Crippen molar-refractivity contribution in [1.29, 1.82) is 0 Å². The predicted octanol–water partition coefficient (Wildman–Crippen LogP) is 4.12. The van der Waals surface area contributed by atoms with Gasteiger partial charge in [0.05, 0.1) is 7.11 Å². The largest absolute Gasteiger partial charge is 0.367 e. The average Bonchev–Trinajstić information content (AvgIpc) is 2.10. The third-order valence-corrected chi connectivity index (χ3v) is 3.75. The molecule has 0 aliphatic carbocycles. The molecule has 0 aliphatic heterocycles. The van der Waals surface area contributed by atoms with E-state index in [9.17, 15) is 0 Å². The second-order valence-corrected chi connectivity index (χ2v) is 15.0. The van der Waals surface area contributed by atoms with Gasteiger partial charge in [0.2, 0.25) is 0 Å². The monoisotopic (exact) mass is 275 g/mol. The van der Waals surface area contributed by atoms with E-state index in [4.69, 9.17) is 13.6 Å². The first-order valence-electron chi connectivity index (χ1n) is 5.93. The van der Waals surface area contributed by atoms with Crippen molar-refractivity contribution in [2.24, 2.45) is 0 Å². The highest BCUT2D eigenvalue weighted by molar-refractivity contribution is 6.71. The van der Waals surface area contributed by atoms with Crippen molar-refractivity contribution in [1.82, 2.24) is 0 Å². The molecule has 0 spiro atoms. The molecule has 0 aromatic rings. The second kappa shape index (κ2) is 5.80. The fraction of sp³-hybridized carbons (Fsp3) is 0.750. The molecule has 101 valence electrons. The van der Waals surface area contributed by atoms with Crippen LogP contribution in [0.5, 0.6) is 0 Å². The van der Waals surface area contributed by atoms with Gasteiger partial charge in [-0.25, -0.2) is 0 Å². The molecule has 1 radical (unpaired) electrons. The fourth-order valence-electron chi connectivity index (χ4n) is 1.34. The first kappa shape index (κ1) is 17.1. The molecule has 0 aromatic heterocycles. The topological polar surface area (TPSA) is 27.7 Å². The molecule has 0 bridgehead atoms. The summed E-state index contributed by atoms with van der Waals surface area (Å²) >= 11 is 0. The van der Waals surface area contributed by atoms with Gasteiger partial charge < -0.3 is 13.6 Å². The lowest BCUT2D eigenvalue weighted by Crippen LogP contribution is -2.52. The van der Waals surface area contributed by atoms with E-state index in [0.717, 1.165) is 5.57 Å². The van der Waals surface area contributed by atoms with Crippen LogP contribution in [-0.4, -0.2) is 22.6 Å². The van der Waals surface area contributed by atoms with Crippen molar-refractivity contribution in [3.63, 3.8) is 0 Å². The summed E-state index contributed by atoms with van der Waals surface area (Å²) in [5, 5.41) is 0. The SMILES string of the molecule is [CH2]OC(O[Si](C)(C)C)(O[Si](C)(C)C)/C(C)=C/C. The van der Waals surface area contributed by atoms with Crippen LogP contribution in [0.4, 0.5) is 0 Å². The summed E-state index contributed by atoms with van der Waals surface area (Å²) in [4.78, 5) is 0. The van der Waals surface area contributed by atoms with Gasteiger partial charge in [-0.15, -0.1) is 0 Å². The highest BCUT2D eigenvalue weighted by atomic mass is 28.4. The zero-order valence-corrected chi connectivity index (χ0v) is 14.5. The van der Waals surface area contributed by atoms with Crippen LogP contribution in [0, 0.1) is 7.11 Å². The first-order chi connectivity index (χ1) is 7.46. The van der Waals surface area contributed by atoms with Gasteiger partial charge in [-0.1, -0.05) is 6.08 Å². The smallest absolute Gasteiger partial charge is 0.288 e. The van der Waals surface area contributed by atoms with E-state index < -0.39 is 22.6 Å². The molecule has 0 rings (SSSR count). The summed E-state index contributed by atoms with van der Waals surface area (Å²) < 4.78 is 17.6. The highest BCUT2D eigenvalue weighted by Crippen LogP contribution is 2.31. The summed E-state index contributed by atoms with van der Waals surface area (Å²) in [6, 6.07) is 0. The van der Waals surface area contributed by atoms with Gasteiger partial charge in [0.1, 0.15) is 0 Å². The Kier molecular flexibility index (Phi) is 5.81. The van der Waals surface area contributed by atoms with E-state index in [2.05, 4.69) is 46.4 Å². The minimum absolute atomic E-state index is 0.914. The van der Waals surface area contributed by atoms with Crippen molar-refractivity contribution >= 4 is 16.6 Å². The number of ether oxygens (including phenoxy) is 1. The molecular formula is C12H27O3Si2. The Morgan fingerprint density at radius 2 is 1.35 bits per heavy atom. The Morgan fingerprint density at radius 1 is 1.00 bits per heavy atom. The van der Waals surface area contributed by atoms with Crippen LogP contribution in [0.15, 0.2) is 11.6 Å². The van der Waals surface area contributed by atoms with Crippen LogP contribution < -0.4 is 0 Å². The minimum atomic E-state index is -1.80. The summed E-state index contributed by atoms with van der Waals surface area (Å²) in [6.07, 6.45) is 1.95. The third kappa shape index (κ3) is 5.97. The van der Waals surface area contributed by atoms with Crippen molar-refractivity contribution < 1.29 is 13.6 Å². The van der Waals surface area contributed by atoms with Gasteiger partial charge in [-0.3, -0.25) is 0 Å². The molecule has 0 aliphatic rings. The maximum absolute atomic E-state index is 6.10. The molecular weight excluding hydrogens is 248 g/mol. The number of hydrogen-bond acceptors (Lipinski definition) is 3. The maximum Gasteiger partial charge on any atom is 0.288 e. The molecule has 0 amide bonds. The molecule has 17 heavy (non-hydrogen) atoms. The normalized spacial score (nSPS) is 15.2. The number of hydrogen-bond donors (Lipinski definition) is 0. The Balaban J connectivity index is 5.31. The zero-order chi connectivity index (χ0) is 13.9. The Labute approximate surface area is 108 Å². The average molecular weight is 276 g/mol. The summed E-state index contributed by atoms with van der Waals surface area (Å²) in [7, 11) is -0.0529. The van der Waals surface area contributed by atoms with Crippen molar-refractivity contribution in [3.05, 3.63) is 18.8 Å². The molecule has 0 saturated heterocycles. The summed E-state index contributed by atoms with van der Waals surface area (Å²) in [5.41, 5.74) is 0.914. The molecule has 0 saturated carbocycles. The molecule has 0 unspecified atom stereocenters. The zero-order valence-electron chi connectivity index (χ0n) is 12.5. The van der Waals surface area contributed by atoms with Crippen LogP contribution in [0.2, 0.25) is 39.3 Å². The second-order valence-electron chi connectivity index (χ2n) is 6.10. The Morgan fingerprint density at radius 3 is 1.53 bits per heavy atom. The van der Waals surface area contributed by atoms with Crippen LogP contribution in [0.1, 0.15) is 13.8 Å². The van der Waals surface area contributed by atoms with E-state index in [0.29, 0.717) is 0 Å². The molecule has 3 nitrogen and oxygen atoms in total. The fourth-order valence-corrected chi connectivity index (χ4v) is 3.56. The van der Waals surface area contributed by atoms with Gasteiger partial charge in [0.15, 0.2) is 16.6 Å². The molecule has 0 aromatic carbocycles. The van der Waals surface area contributed by atoms with Gasteiger partial charge in [0.25, 0.3) is 5.97 Å². The van der Waals surface area contributed by atoms with Crippen LogP contribution in [0.3, 0.4) is 0 Å². The van der Waals surface area contributed by atoms with Gasteiger partial charge >= 0.3 is 0 Å². The van der Waals surface area contributed by atoms with E-state index in [1.54, 1.807) is 0 Å². The van der Waals surface area contributed by atoms with Gasteiger partial charge in [-0.2, -0.15) is 0 Å². The molecule has 0 N–H and O–H groups in total. The molecule has 0 fully saturated rings. The number of allylic oxidation sites excluding steroid dienone is 1. The van der Waals surface area contributed by atoms with Crippen molar-refractivity contribution in [2.45, 2.75) is 59.1 Å². The van der Waals surface area contributed by atoms with Crippen LogP contribution in [-0.2, 0) is 13.6 Å².